The smallest absolute Gasteiger partial charge is 0.387 e. The van der Waals surface area contributed by atoms with Gasteiger partial charge in [0.15, 0.2) is 11.5 Å². The van der Waals surface area contributed by atoms with Crippen molar-refractivity contribution in [1.82, 2.24) is 0 Å². The van der Waals surface area contributed by atoms with Gasteiger partial charge in [-0.2, -0.15) is 8.78 Å². The van der Waals surface area contributed by atoms with Crippen molar-refractivity contribution in [3.8, 4) is 11.5 Å². The second kappa shape index (κ2) is 6.53. The van der Waals surface area contributed by atoms with Crippen LogP contribution in [0.5, 0.6) is 11.5 Å². The van der Waals surface area contributed by atoms with E-state index in [1.165, 1.54) is 19.2 Å². The second-order valence-electron chi connectivity index (χ2n) is 3.36. The lowest BCUT2D eigenvalue weighted by Crippen LogP contribution is -2.16. The van der Waals surface area contributed by atoms with Crippen molar-refractivity contribution in [2.45, 2.75) is 13.0 Å². The highest BCUT2D eigenvalue weighted by Crippen LogP contribution is 2.31. The number of hydrogen-bond acceptors (Lipinski definition) is 4. The SMILES string of the molecule is COc1ccc(NC(=O)CC(=O)O)cc1OC(F)F. The molecule has 104 valence electrons. The van der Waals surface area contributed by atoms with E-state index in [0.717, 1.165) is 6.07 Å². The predicted molar refractivity (Wildman–Crippen MR) is 60.5 cm³/mol. The van der Waals surface area contributed by atoms with Crippen LogP contribution in [0.25, 0.3) is 0 Å². The normalized spacial score (nSPS) is 10.1. The first kappa shape index (κ1) is 14.7. The van der Waals surface area contributed by atoms with E-state index >= 15 is 0 Å². The summed E-state index contributed by atoms with van der Waals surface area (Å²) in [5, 5.41) is 10.7. The third kappa shape index (κ3) is 4.78. The van der Waals surface area contributed by atoms with Gasteiger partial charge in [-0.25, -0.2) is 0 Å². The number of halogens is 2. The number of ether oxygens (including phenoxy) is 2. The van der Waals surface area contributed by atoms with Crippen molar-refractivity contribution in [3.63, 3.8) is 0 Å². The zero-order valence-electron chi connectivity index (χ0n) is 9.85. The molecule has 0 unspecified atom stereocenters. The molecule has 0 saturated carbocycles. The van der Waals surface area contributed by atoms with Gasteiger partial charge in [-0.05, 0) is 12.1 Å². The minimum Gasteiger partial charge on any atom is -0.493 e. The Morgan fingerprint density at radius 2 is 2.05 bits per heavy atom. The van der Waals surface area contributed by atoms with Gasteiger partial charge in [0.25, 0.3) is 0 Å². The Bertz CT molecular complexity index is 478. The van der Waals surface area contributed by atoms with Crippen molar-refractivity contribution in [1.29, 1.82) is 0 Å². The van der Waals surface area contributed by atoms with Gasteiger partial charge in [-0.15, -0.1) is 0 Å². The van der Waals surface area contributed by atoms with Gasteiger partial charge in [0.1, 0.15) is 6.42 Å². The quantitative estimate of drug-likeness (QED) is 0.772. The Labute approximate surface area is 106 Å². The Kier molecular flexibility index (Phi) is 5.04. The minimum atomic E-state index is -3.04. The number of carbonyl (C=O) groups excluding carboxylic acids is 1. The van der Waals surface area contributed by atoms with Crippen molar-refractivity contribution in [3.05, 3.63) is 18.2 Å². The summed E-state index contributed by atoms with van der Waals surface area (Å²) in [5.74, 6) is -2.27. The van der Waals surface area contributed by atoms with Gasteiger partial charge in [0.2, 0.25) is 5.91 Å². The molecular weight excluding hydrogens is 264 g/mol. The number of benzene rings is 1. The molecule has 0 aliphatic heterocycles. The number of hydrogen-bond donors (Lipinski definition) is 2. The molecule has 0 saturated heterocycles. The van der Waals surface area contributed by atoms with Crippen molar-refractivity contribution in [2.75, 3.05) is 12.4 Å². The van der Waals surface area contributed by atoms with E-state index in [2.05, 4.69) is 10.1 Å². The van der Waals surface area contributed by atoms with Gasteiger partial charge >= 0.3 is 12.6 Å². The maximum Gasteiger partial charge on any atom is 0.387 e. The summed E-state index contributed by atoms with van der Waals surface area (Å²) in [6, 6.07) is 3.80. The standard InChI is InChI=1S/C11H11F2NO5/c1-18-7-3-2-6(4-8(7)19-11(12)13)14-9(15)5-10(16)17/h2-4,11H,5H2,1H3,(H,14,15)(H,16,17). The first-order valence-corrected chi connectivity index (χ1v) is 5.07. The van der Waals surface area contributed by atoms with Crippen LogP contribution in [0.3, 0.4) is 0 Å². The summed E-state index contributed by atoms with van der Waals surface area (Å²) in [7, 11) is 1.27. The number of aliphatic carboxylic acids is 1. The topological polar surface area (TPSA) is 84.9 Å². The van der Waals surface area contributed by atoms with Crippen molar-refractivity contribution < 1.29 is 33.0 Å². The number of anilines is 1. The molecule has 0 fully saturated rings. The fourth-order valence-electron chi connectivity index (χ4n) is 1.29. The maximum absolute atomic E-state index is 12.2. The van der Waals surface area contributed by atoms with Crippen LogP contribution in [0.1, 0.15) is 6.42 Å². The van der Waals surface area contributed by atoms with Gasteiger partial charge < -0.3 is 19.9 Å². The lowest BCUT2D eigenvalue weighted by molar-refractivity contribution is -0.139. The molecule has 1 amide bonds. The Balaban J connectivity index is 2.85. The molecular formula is C11H11F2NO5. The number of nitrogens with one attached hydrogen (secondary N) is 1. The van der Waals surface area contributed by atoms with Crippen LogP contribution >= 0.6 is 0 Å². The first-order valence-electron chi connectivity index (χ1n) is 5.07. The molecule has 2 N–H and O–H groups in total. The molecule has 8 heteroatoms. The van der Waals surface area contributed by atoms with E-state index in [9.17, 15) is 18.4 Å². The maximum atomic E-state index is 12.2. The molecule has 19 heavy (non-hydrogen) atoms. The number of carbonyl (C=O) groups is 2. The lowest BCUT2D eigenvalue weighted by Gasteiger charge is -2.11. The molecule has 1 aromatic rings. The molecule has 1 aromatic carbocycles. The Morgan fingerprint density at radius 3 is 2.58 bits per heavy atom. The fraction of sp³-hybridized carbons (Fsp3) is 0.273. The van der Waals surface area contributed by atoms with Crippen LogP contribution in [0.2, 0.25) is 0 Å². The number of alkyl halides is 2. The number of carboxylic acid groups (broad SMARTS) is 1. The summed E-state index contributed by atoms with van der Waals surface area (Å²) >= 11 is 0. The zero-order chi connectivity index (χ0) is 14.4. The molecule has 0 atom stereocenters. The molecule has 0 bridgehead atoms. The average Bonchev–Trinajstić information content (AvgIpc) is 2.27. The lowest BCUT2D eigenvalue weighted by atomic mass is 10.2. The van der Waals surface area contributed by atoms with E-state index in [1.807, 2.05) is 0 Å². The van der Waals surface area contributed by atoms with E-state index in [0.29, 0.717) is 0 Å². The van der Waals surface area contributed by atoms with Crippen LogP contribution in [-0.2, 0) is 9.59 Å². The molecule has 0 heterocycles. The third-order valence-corrected chi connectivity index (χ3v) is 1.98. The highest BCUT2D eigenvalue weighted by atomic mass is 19.3. The summed E-state index contributed by atoms with van der Waals surface area (Å²) in [5.41, 5.74) is 0.128. The highest BCUT2D eigenvalue weighted by Gasteiger charge is 2.13. The van der Waals surface area contributed by atoms with Crippen molar-refractivity contribution >= 4 is 17.6 Å². The fourth-order valence-corrected chi connectivity index (χ4v) is 1.29. The minimum absolute atomic E-state index is 0.0662. The third-order valence-electron chi connectivity index (χ3n) is 1.98. The first-order chi connectivity index (χ1) is 8.92. The summed E-state index contributed by atoms with van der Waals surface area (Å²) in [4.78, 5) is 21.5. The average molecular weight is 275 g/mol. The van der Waals surface area contributed by atoms with Crippen LogP contribution in [-0.4, -0.2) is 30.7 Å². The van der Waals surface area contributed by atoms with Crippen LogP contribution < -0.4 is 14.8 Å². The molecule has 0 spiro atoms. The molecule has 0 aliphatic rings. The Hall–Kier alpha value is -2.38. The zero-order valence-corrected chi connectivity index (χ0v) is 9.85. The van der Waals surface area contributed by atoms with E-state index in [-0.39, 0.29) is 17.2 Å². The summed E-state index contributed by atoms with van der Waals surface area (Å²) < 4.78 is 33.3. The van der Waals surface area contributed by atoms with E-state index < -0.39 is 24.9 Å². The number of amides is 1. The number of carboxylic acids is 1. The number of rotatable bonds is 6. The van der Waals surface area contributed by atoms with Gasteiger partial charge in [0, 0.05) is 11.8 Å². The predicted octanol–water partition coefficient (Wildman–Crippen LogP) is 1.71. The van der Waals surface area contributed by atoms with E-state index in [4.69, 9.17) is 9.84 Å². The van der Waals surface area contributed by atoms with E-state index in [1.54, 1.807) is 0 Å². The van der Waals surface area contributed by atoms with Crippen molar-refractivity contribution in [2.24, 2.45) is 0 Å². The van der Waals surface area contributed by atoms with Crippen LogP contribution in [0.4, 0.5) is 14.5 Å². The summed E-state index contributed by atoms with van der Waals surface area (Å²) in [6.07, 6.45) is -0.725. The van der Waals surface area contributed by atoms with Crippen LogP contribution in [0.15, 0.2) is 18.2 Å². The molecule has 0 aromatic heterocycles. The van der Waals surface area contributed by atoms with Gasteiger partial charge in [0.05, 0.1) is 7.11 Å². The van der Waals surface area contributed by atoms with Gasteiger partial charge in [-0.3, -0.25) is 9.59 Å². The van der Waals surface area contributed by atoms with Gasteiger partial charge in [-0.1, -0.05) is 0 Å². The Morgan fingerprint density at radius 1 is 1.37 bits per heavy atom. The van der Waals surface area contributed by atoms with Crippen LogP contribution in [0, 0.1) is 0 Å². The molecule has 1 rings (SSSR count). The molecule has 0 aliphatic carbocycles. The summed E-state index contributed by atoms with van der Waals surface area (Å²) in [6.45, 7) is -3.04. The molecule has 6 nitrogen and oxygen atoms in total. The monoisotopic (exact) mass is 275 g/mol. The second-order valence-corrected chi connectivity index (χ2v) is 3.36. The number of methoxy groups -OCH3 is 1. The largest absolute Gasteiger partial charge is 0.493 e. The molecule has 0 radical (unpaired) electrons. The highest BCUT2D eigenvalue weighted by molar-refractivity contribution is 6.01.